The van der Waals surface area contributed by atoms with E-state index in [0.29, 0.717) is 18.6 Å². The number of carbonyl (C=O) groups excluding carboxylic acids is 1. The van der Waals surface area contributed by atoms with Crippen LogP contribution in [0.15, 0.2) is 0 Å². The Balaban J connectivity index is 1.81. The highest BCUT2D eigenvalue weighted by Crippen LogP contribution is 2.12. The van der Waals surface area contributed by atoms with Crippen molar-refractivity contribution in [3.8, 4) is 0 Å². The number of rotatable bonds is 5. The number of ether oxygens (including phenoxy) is 1. The van der Waals surface area contributed by atoms with Crippen molar-refractivity contribution in [2.75, 3.05) is 26.2 Å². The number of piperidine rings is 1. The van der Waals surface area contributed by atoms with Crippen molar-refractivity contribution in [2.24, 2.45) is 0 Å². The molecule has 2 unspecified atom stereocenters. The van der Waals surface area contributed by atoms with Crippen molar-refractivity contribution < 1.29 is 9.53 Å². The van der Waals surface area contributed by atoms with Gasteiger partial charge in [0.05, 0.1) is 6.54 Å². The quantitative estimate of drug-likeness (QED) is 0.768. The third kappa shape index (κ3) is 3.85. The van der Waals surface area contributed by atoms with Crippen LogP contribution in [0.3, 0.4) is 0 Å². The molecule has 0 aliphatic carbocycles. The molecule has 0 saturated carbocycles. The highest BCUT2D eigenvalue weighted by atomic mass is 16.6. The van der Waals surface area contributed by atoms with E-state index in [4.69, 9.17) is 4.74 Å². The second-order valence-corrected chi connectivity index (χ2v) is 5.60. The fourth-order valence-electron chi connectivity index (χ4n) is 2.65. The van der Waals surface area contributed by atoms with Gasteiger partial charge in [0.15, 0.2) is 0 Å². The summed E-state index contributed by atoms with van der Waals surface area (Å²) in [6.45, 7) is 8.05. The summed E-state index contributed by atoms with van der Waals surface area (Å²) in [4.78, 5) is 13.4. The van der Waals surface area contributed by atoms with Crippen molar-refractivity contribution in [2.45, 2.75) is 51.3 Å². The lowest BCUT2D eigenvalue weighted by atomic mass is 10.0. The molecular weight excluding hydrogens is 230 g/mol. The van der Waals surface area contributed by atoms with Crippen LogP contribution in [0.4, 0.5) is 4.79 Å². The summed E-state index contributed by atoms with van der Waals surface area (Å²) in [6.07, 6.45) is 3.60. The Morgan fingerprint density at radius 1 is 1.39 bits per heavy atom. The molecule has 5 heteroatoms. The Morgan fingerprint density at radius 2 is 2.22 bits per heavy atom. The zero-order valence-corrected chi connectivity index (χ0v) is 11.4. The van der Waals surface area contributed by atoms with Crippen LogP contribution in [0.5, 0.6) is 0 Å². The molecule has 1 amide bonds. The van der Waals surface area contributed by atoms with Crippen molar-refractivity contribution >= 4 is 6.09 Å². The topological polar surface area (TPSA) is 53.6 Å². The van der Waals surface area contributed by atoms with Crippen LogP contribution in [0.25, 0.3) is 0 Å². The van der Waals surface area contributed by atoms with Crippen LogP contribution in [-0.2, 0) is 4.74 Å². The Hall–Kier alpha value is -0.810. The first-order valence-corrected chi connectivity index (χ1v) is 7.07. The second kappa shape index (κ2) is 6.38. The molecule has 2 atom stereocenters. The van der Waals surface area contributed by atoms with Gasteiger partial charge in [-0.05, 0) is 33.2 Å². The van der Waals surface area contributed by atoms with Crippen LogP contribution in [-0.4, -0.2) is 55.4 Å². The van der Waals surface area contributed by atoms with Crippen molar-refractivity contribution in [1.29, 1.82) is 0 Å². The molecule has 0 spiro atoms. The number of carbonyl (C=O) groups is 1. The summed E-state index contributed by atoms with van der Waals surface area (Å²) in [7, 11) is 0. The highest BCUT2D eigenvalue weighted by Gasteiger charge is 2.27. The molecule has 5 nitrogen and oxygen atoms in total. The van der Waals surface area contributed by atoms with Gasteiger partial charge >= 0.3 is 6.09 Å². The molecule has 0 aromatic heterocycles. The Kier molecular flexibility index (Phi) is 4.83. The monoisotopic (exact) mass is 255 g/mol. The maximum atomic E-state index is 11.0. The van der Waals surface area contributed by atoms with Gasteiger partial charge < -0.3 is 15.4 Å². The molecule has 2 heterocycles. The number of amides is 1. The van der Waals surface area contributed by atoms with Gasteiger partial charge in [0.25, 0.3) is 0 Å². The molecule has 2 rings (SSSR count). The van der Waals surface area contributed by atoms with E-state index in [-0.39, 0.29) is 12.2 Å². The fourth-order valence-corrected chi connectivity index (χ4v) is 2.65. The zero-order valence-electron chi connectivity index (χ0n) is 11.4. The molecule has 0 bridgehead atoms. The minimum absolute atomic E-state index is 0.00323. The number of nitrogens with zero attached hydrogens (tertiary/aromatic N) is 1. The van der Waals surface area contributed by atoms with Gasteiger partial charge in [-0.25, -0.2) is 4.79 Å². The van der Waals surface area contributed by atoms with Gasteiger partial charge in [-0.2, -0.15) is 0 Å². The van der Waals surface area contributed by atoms with Crippen molar-refractivity contribution in [1.82, 2.24) is 15.5 Å². The average Bonchev–Trinajstić information content (AvgIpc) is 2.75. The van der Waals surface area contributed by atoms with E-state index in [9.17, 15) is 4.79 Å². The average molecular weight is 255 g/mol. The number of hydrogen-bond acceptors (Lipinski definition) is 4. The van der Waals surface area contributed by atoms with Crippen LogP contribution < -0.4 is 10.6 Å². The Bertz CT molecular complexity index is 277. The summed E-state index contributed by atoms with van der Waals surface area (Å²) in [5.41, 5.74) is 0. The molecule has 2 fully saturated rings. The number of cyclic esters (lactones) is 1. The normalized spacial score (nSPS) is 28.6. The molecular formula is C13H25N3O2. The van der Waals surface area contributed by atoms with E-state index < -0.39 is 0 Å². The zero-order chi connectivity index (χ0) is 13.0. The highest BCUT2D eigenvalue weighted by molar-refractivity contribution is 5.69. The van der Waals surface area contributed by atoms with Crippen LogP contribution >= 0.6 is 0 Å². The van der Waals surface area contributed by atoms with E-state index in [0.717, 1.165) is 19.6 Å². The summed E-state index contributed by atoms with van der Waals surface area (Å²) in [5, 5.41) is 6.29. The standard InChI is InChI=1S/C13H25N3O2/c1-10(2)16(8-11-5-3-4-6-14-11)9-12-7-15-13(17)18-12/h10-12,14H,3-9H2,1-2H3,(H,15,17). The minimum atomic E-state index is -0.278. The van der Waals surface area contributed by atoms with Gasteiger partial charge in [-0.3, -0.25) is 4.90 Å². The third-order valence-corrected chi connectivity index (χ3v) is 3.78. The predicted molar refractivity (Wildman–Crippen MR) is 70.6 cm³/mol. The van der Waals surface area contributed by atoms with E-state index in [1.807, 2.05) is 0 Å². The second-order valence-electron chi connectivity index (χ2n) is 5.60. The lowest BCUT2D eigenvalue weighted by Gasteiger charge is -2.34. The van der Waals surface area contributed by atoms with Crippen molar-refractivity contribution in [3.05, 3.63) is 0 Å². The van der Waals surface area contributed by atoms with Gasteiger partial charge in [-0.15, -0.1) is 0 Å². The van der Waals surface area contributed by atoms with E-state index in [1.165, 1.54) is 19.3 Å². The summed E-state index contributed by atoms with van der Waals surface area (Å²) in [5.74, 6) is 0. The van der Waals surface area contributed by atoms with E-state index >= 15 is 0 Å². The number of hydrogen-bond donors (Lipinski definition) is 2. The van der Waals surface area contributed by atoms with Crippen LogP contribution in [0, 0.1) is 0 Å². The van der Waals surface area contributed by atoms with Gasteiger partial charge in [0, 0.05) is 25.2 Å². The molecule has 0 aromatic carbocycles. The summed E-state index contributed by atoms with van der Waals surface area (Å²) in [6, 6.07) is 1.07. The Labute approximate surface area is 109 Å². The first-order valence-electron chi connectivity index (χ1n) is 7.07. The molecule has 2 N–H and O–H groups in total. The maximum Gasteiger partial charge on any atom is 0.407 e. The fraction of sp³-hybridized carbons (Fsp3) is 0.923. The van der Waals surface area contributed by atoms with Crippen LogP contribution in [0.1, 0.15) is 33.1 Å². The molecule has 18 heavy (non-hydrogen) atoms. The molecule has 104 valence electrons. The van der Waals surface area contributed by atoms with Crippen molar-refractivity contribution in [3.63, 3.8) is 0 Å². The molecule has 2 saturated heterocycles. The third-order valence-electron chi connectivity index (χ3n) is 3.78. The summed E-state index contributed by atoms with van der Waals surface area (Å²) < 4.78 is 5.22. The molecule has 2 aliphatic heterocycles. The largest absolute Gasteiger partial charge is 0.443 e. The lowest BCUT2D eigenvalue weighted by molar-refractivity contribution is 0.0885. The van der Waals surface area contributed by atoms with Crippen LogP contribution in [0.2, 0.25) is 0 Å². The molecule has 0 aromatic rings. The maximum absolute atomic E-state index is 11.0. The predicted octanol–water partition coefficient (Wildman–Crippen LogP) is 0.947. The minimum Gasteiger partial charge on any atom is -0.443 e. The molecule has 2 aliphatic rings. The summed E-state index contributed by atoms with van der Waals surface area (Å²) >= 11 is 0. The SMILES string of the molecule is CC(C)N(CC1CCCCN1)CC1CNC(=O)O1. The number of alkyl carbamates (subject to hydrolysis) is 1. The smallest absolute Gasteiger partial charge is 0.407 e. The number of nitrogens with one attached hydrogen (secondary N) is 2. The van der Waals surface area contributed by atoms with Gasteiger partial charge in [0.2, 0.25) is 0 Å². The van der Waals surface area contributed by atoms with E-state index in [1.54, 1.807) is 0 Å². The first kappa shape index (κ1) is 13.6. The van der Waals surface area contributed by atoms with Gasteiger partial charge in [0.1, 0.15) is 6.10 Å². The lowest BCUT2D eigenvalue weighted by Crippen LogP contribution is -2.48. The Morgan fingerprint density at radius 3 is 2.78 bits per heavy atom. The van der Waals surface area contributed by atoms with Gasteiger partial charge in [-0.1, -0.05) is 6.42 Å². The van der Waals surface area contributed by atoms with E-state index in [2.05, 4.69) is 29.4 Å². The molecule has 0 radical (unpaired) electrons. The first-order chi connectivity index (χ1) is 8.65.